The van der Waals surface area contributed by atoms with Crippen molar-refractivity contribution in [1.82, 2.24) is 5.43 Å². The number of hydrogen-bond acceptors (Lipinski definition) is 3. The lowest BCUT2D eigenvalue weighted by Gasteiger charge is -2.01. The minimum atomic E-state index is -0.266. The third-order valence-corrected chi connectivity index (χ3v) is 2.68. The Kier molecular flexibility index (Phi) is 11.4. The summed E-state index contributed by atoms with van der Waals surface area (Å²) in [5.41, 5.74) is 1.90. The van der Waals surface area contributed by atoms with Gasteiger partial charge < -0.3 is 0 Å². The molecule has 0 aliphatic rings. The molecule has 0 bridgehead atoms. The van der Waals surface area contributed by atoms with Gasteiger partial charge in [-0.15, -0.1) is 4.91 Å². The van der Waals surface area contributed by atoms with Crippen molar-refractivity contribution < 1.29 is 4.79 Å². The lowest BCUT2D eigenvalue weighted by Crippen LogP contribution is -2.15. The molecule has 1 N–H and O–H groups in total. The minimum absolute atomic E-state index is 0.266. The lowest BCUT2D eigenvalue weighted by molar-refractivity contribution is -0.121. The predicted molar refractivity (Wildman–Crippen MR) is 65.8 cm³/mol. The Morgan fingerprint density at radius 2 is 1.44 bits per heavy atom. The van der Waals surface area contributed by atoms with Crippen molar-refractivity contribution in [1.29, 1.82) is 0 Å². The van der Waals surface area contributed by atoms with Crippen molar-refractivity contribution >= 4 is 5.91 Å². The van der Waals surface area contributed by atoms with Crippen LogP contribution in [0.1, 0.15) is 71.1 Å². The highest BCUT2D eigenvalue weighted by Gasteiger charge is 1.99. The van der Waals surface area contributed by atoms with Gasteiger partial charge in [-0.1, -0.05) is 58.3 Å². The number of carbonyl (C=O) groups excluding carboxylic acids is 1. The van der Waals surface area contributed by atoms with E-state index < -0.39 is 0 Å². The molecule has 0 saturated heterocycles. The van der Waals surface area contributed by atoms with E-state index in [2.05, 4.69) is 12.2 Å². The van der Waals surface area contributed by atoms with Gasteiger partial charge in [0.1, 0.15) is 0 Å². The summed E-state index contributed by atoms with van der Waals surface area (Å²) in [6.45, 7) is 2.22. The standard InChI is InChI=1S/C12H24N2O2/c1-2-3-4-5-6-7-8-9-10-11-12(15)13-14-16/h2-11H2,1H3,(H,13,15,16). The Hall–Kier alpha value is -0.930. The molecule has 16 heavy (non-hydrogen) atoms. The summed E-state index contributed by atoms with van der Waals surface area (Å²) < 4.78 is 0. The predicted octanol–water partition coefficient (Wildman–Crippen LogP) is 3.70. The molecule has 0 aromatic rings. The fraction of sp³-hybridized carbons (Fsp3) is 0.917. The van der Waals surface area contributed by atoms with E-state index in [4.69, 9.17) is 0 Å². The summed E-state index contributed by atoms with van der Waals surface area (Å²) >= 11 is 0. The van der Waals surface area contributed by atoms with E-state index in [9.17, 15) is 9.70 Å². The van der Waals surface area contributed by atoms with Crippen LogP contribution in [0, 0.1) is 4.91 Å². The summed E-state index contributed by atoms with van der Waals surface area (Å²) in [5, 5.41) is 2.34. The largest absolute Gasteiger partial charge is 0.273 e. The van der Waals surface area contributed by atoms with Gasteiger partial charge in [0.05, 0.1) is 5.29 Å². The van der Waals surface area contributed by atoms with Crippen molar-refractivity contribution in [2.75, 3.05) is 0 Å². The van der Waals surface area contributed by atoms with Crippen LogP contribution in [-0.4, -0.2) is 5.91 Å². The monoisotopic (exact) mass is 228 g/mol. The van der Waals surface area contributed by atoms with E-state index in [1.165, 1.54) is 44.9 Å². The SMILES string of the molecule is CCCCCCCCCCCC(=O)NN=O. The Bertz CT molecular complexity index is 184. The Balaban J connectivity index is 3.03. The average molecular weight is 228 g/mol. The van der Waals surface area contributed by atoms with Crippen molar-refractivity contribution in [3.05, 3.63) is 4.91 Å². The maximum atomic E-state index is 10.8. The van der Waals surface area contributed by atoms with Gasteiger partial charge in [-0.2, -0.15) is 0 Å². The highest BCUT2D eigenvalue weighted by Crippen LogP contribution is 2.10. The smallest absolute Gasteiger partial charge is 0.242 e. The molecule has 0 spiro atoms. The van der Waals surface area contributed by atoms with Gasteiger partial charge in [0, 0.05) is 6.42 Å². The van der Waals surface area contributed by atoms with E-state index in [-0.39, 0.29) is 5.91 Å². The highest BCUT2D eigenvalue weighted by molar-refractivity contribution is 5.75. The second-order valence-corrected chi connectivity index (χ2v) is 4.20. The zero-order chi connectivity index (χ0) is 12.1. The molecular formula is C12H24N2O2. The number of nitrogens with zero attached hydrogens (tertiary/aromatic N) is 1. The van der Waals surface area contributed by atoms with Crippen molar-refractivity contribution in [3.8, 4) is 0 Å². The molecular weight excluding hydrogens is 204 g/mol. The van der Waals surface area contributed by atoms with E-state index in [1.807, 2.05) is 5.43 Å². The van der Waals surface area contributed by atoms with E-state index in [0.29, 0.717) is 6.42 Å². The fourth-order valence-corrected chi connectivity index (χ4v) is 1.70. The highest BCUT2D eigenvalue weighted by atomic mass is 16.3. The molecule has 1 amide bonds. The molecule has 0 aliphatic carbocycles. The molecule has 0 atom stereocenters. The number of unbranched alkanes of at least 4 members (excludes halogenated alkanes) is 8. The summed E-state index contributed by atoms with van der Waals surface area (Å²) in [6, 6.07) is 0. The van der Waals surface area contributed by atoms with Crippen LogP contribution in [0.15, 0.2) is 5.29 Å². The van der Waals surface area contributed by atoms with Crippen LogP contribution in [0.2, 0.25) is 0 Å². The second kappa shape index (κ2) is 12.1. The van der Waals surface area contributed by atoms with Crippen LogP contribution >= 0.6 is 0 Å². The number of nitrogens with one attached hydrogen (secondary N) is 1. The minimum Gasteiger partial charge on any atom is -0.273 e. The van der Waals surface area contributed by atoms with E-state index in [0.717, 1.165) is 12.8 Å². The summed E-state index contributed by atoms with van der Waals surface area (Å²) in [5.74, 6) is -0.266. The number of rotatable bonds is 11. The Morgan fingerprint density at radius 3 is 1.94 bits per heavy atom. The zero-order valence-corrected chi connectivity index (χ0v) is 10.3. The molecule has 0 radical (unpaired) electrons. The van der Waals surface area contributed by atoms with Crippen molar-refractivity contribution in [3.63, 3.8) is 0 Å². The van der Waals surface area contributed by atoms with Crippen molar-refractivity contribution in [2.24, 2.45) is 5.29 Å². The summed E-state index contributed by atoms with van der Waals surface area (Å²) in [4.78, 5) is 20.5. The third-order valence-electron chi connectivity index (χ3n) is 2.68. The van der Waals surface area contributed by atoms with E-state index >= 15 is 0 Å². The van der Waals surface area contributed by atoms with Crippen LogP contribution in [0.25, 0.3) is 0 Å². The van der Waals surface area contributed by atoms with Gasteiger partial charge in [0.25, 0.3) is 0 Å². The quantitative estimate of drug-likeness (QED) is 0.333. The van der Waals surface area contributed by atoms with Crippen LogP contribution in [0.4, 0.5) is 0 Å². The maximum Gasteiger partial charge on any atom is 0.242 e. The lowest BCUT2D eigenvalue weighted by atomic mass is 10.1. The maximum absolute atomic E-state index is 10.8. The van der Waals surface area contributed by atoms with Crippen LogP contribution in [0.5, 0.6) is 0 Å². The van der Waals surface area contributed by atoms with Crippen LogP contribution in [0.3, 0.4) is 0 Å². The molecule has 0 saturated carbocycles. The van der Waals surface area contributed by atoms with Gasteiger partial charge in [0.15, 0.2) is 0 Å². The summed E-state index contributed by atoms with van der Waals surface area (Å²) in [6.07, 6.45) is 11.4. The first-order chi connectivity index (χ1) is 7.81. The molecule has 94 valence electrons. The molecule has 0 aromatic carbocycles. The second-order valence-electron chi connectivity index (χ2n) is 4.20. The number of nitroso groups, excluding NO2 is 1. The molecule has 0 heterocycles. The number of amides is 1. The zero-order valence-electron chi connectivity index (χ0n) is 10.3. The first-order valence-corrected chi connectivity index (χ1v) is 6.42. The third kappa shape index (κ3) is 11.1. The molecule has 0 aromatic heterocycles. The molecule has 0 rings (SSSR count). The Morgan fingerprint density at radius 1 is 0.938 bits per heavy atom. The van der Waals surface area contributed by atoms with Crippen molar-refractivity contribution in [2.45, 2.75) is 71.1 Å². The van der Waals surface area contributed by atoms with Gasteiger partial charge in [0.2, 0.25) is 5.91 Å². The normalized spacial score (nSPS) is 10.1. The summed E-state index contributed by atoms with van der Waals surface area (Å²) in [7, 11) is 0. The van der Waals surface area contributed by atoms with Gasteiger partial charge in [-0.3, -0.25) is 4.79 Å². The molecule has 4 nitrogen and oxygen atoms in total. The van der Waals surface area contributed by atoms with E-state index in [1.54, 1.807) is 0 Å². The van der Waals surface area contributed by atoms with Gasteiger partial charge in [-0.25, -0.2) is 5.43 Å². The molecule has 0 aliphatic heterocycles. The first-order valence-electron chi connectivity index (χ1n) is 6.42. The van der Waals surface area contributed by atoms with Gasteiger partial charge in [-0.05, 0) is 6.42 Å². The molecule has 0 fully saturated rings. The molecule has 0 unspecified atom stereocenters. The average Bonchev–Trinajstić information content (AvgIpc) is 2.27. The fourth-order valence-electron chi connectivity index (χ4n) is 1.70. The number of carbonyl (C=O) groups is 1. The van der Waals surface area contributed by atoms with Gasteiger partial charge >= 0.3 is 0 Å². The van der Waals surface area contributed by atoms with Crippen LogP contribution in [-0.2, 0) is 4.79 Å². The number of hydrogen-bond donors (Lipinski definition) is 1. The topological polar surface area (TPSA) is 58.5 Å². The van der Waals surface area contributed by atoms with Crippen LogP contribution < -0.4 is 5.43 Å². The first kappa shape index (κ1) is 15.1. The Labute approximate surface area is 98.1 Å². The molecule has 4 heteroatoms.